The third-order valence-corrected chi connectivity index (χ3v) is 1.94. The number of hydrogen-bond acceptors (Lipinski definition) is 1. The normalized spacial score (nSPS) is 13.4. The molecule has 1 heterocycles. The fourth-order valence-corrected chi connectivity index (χ4v) is 1.38. The highest BCUT2D eigenvalue weighted by molar-refractivity contribution is 5.99. The summed E-state index contributed by atoms with van der Waals surface area (Å²) in [5.74, 6) is 2.58. The van der Waals surface area contributed by atoms with Crippen LogP contribution in [0.1, 0.15) is 11.1 Å². The predicted octanol–water partition coefficient (Wildman–Crippen LogP) is 1.16. The lowest BCUT2D eigenvalue weighted by atomic mass is 10.1. The summed E-state index contributed by atoms with van der Waals surface area (Å²) >= 11 is 0. The summed E-state index contributed by atoms with van der Waals surface area (Å²) in [7, 11) is 0. The molecule has 0 aliphatic carbocycles. The Morgan fingerprint density at radius 3 is 3.08 bits per heavy atom. The Labute approximate surface area is 70.6 Å². The maximum atomic E-state index is 11.0. The molecular formula is C10H7NO. The van der Waals surface area contributed by atoms with Gasteiger partial charge in [0.15, 0.2) is 0 Å². The van der Waals surface area contributed by atoms with Crippen LogP contribution < -0.4 is 5.32 Å². The molecule has 0 fully saturated rings. The minimum absolute atomic E-state index is 0.0210. The van der Waals surface area contributed by atoms with Crippen molar-refractivity contribution in [2.75, 3.05) is 5.32 Å². The molecule has 2 heteroatoms. The van der Waals surface area contributed by atoms with E-state index in [0.29, 0.717) is 6.42 Å². The molecule has 0 saturated heterocycles. The van der Waals surface area contributed by atoms with Gasteiger partial charge < -0.3 is 5.32 Å². The molecule has 0 bridgehead atoms. The first-order valence-corrected chi connectivity index (χ1v) is 3.69. The SMILES string of the molecule is C#Cc1cccc2c1CC(=O)N2. The minimum Gasteiger partial charge on any atom is -0.325 e. The molecule has 0 unspecified atom stereocenters. The number of carbonyl (C=O) groups is 1. The first-order valence-electron chi connectivity index (χ1n) is 3.69. The Bertz CT molecular complexity index is 387. The topological polar surface area (TPSA) is 29.1 Å². The lowest BCUT2D eigenvalue weighted by Gasteiger charge is -1.98. The number of nitrogens with one attached hydrogen (secondary N) is 1. The van der Waals surface area contributed by atoms with Gasteiger partial charge in [-0.25, -0.2) is 0 Å². The third kappa shape index (κ3) is 0.876. The van der Waals surface area contributed by atoms with E-state index in [2.05, 4.69) is 11.2 Å². The Kier molecular flexibility index (Phi) is 1.38. The number of amides is 1. The molecule has 1 aliphatic rings. The fourth-order valence-electron chi connectivity index (χ4n) is 1.38. The molecule has 1 aromatic carbocycles. The molecule has 1 aliphatic heterocycles. The largest absolute Gasteiger partial charge is 0.325 e. The highest BCUT2D eigenvalue weighted by atomic mass is 16.1. The summed E-state index contributed by atoms with van der Waals surface area (Å²) in [6.07, 6.45) is 5.69. The fraction of sp³-hybridized carbons (Fsp3) is 0.100. The van der Waals surface area contributed by atoms with Crippen LogP contribution >= 0.6 is 0 Å². The van der Waals surface area contributed by atoms with E-state index in [4.69, 9.17) is 6.42 Å². The second kappa shape index (κ2) is 2.38. The summed E-state index contributed by atoms with van der Waals surface area (Å²) < 4.78 is 0. The molecular weight excluding hydrogens is 150 g/mol. The van der Waals surface area contributed by atoms with Gasteiger partial charge in [0.05, 0.1) is 6.42 Å². The van der Waals surface area contributed by atoms with E-state index in [-0.39, 0.29) is 5.91 Å². The highest BCUT2D eigenvalue weighted by Crippen LogP contribution is 2.25. The summed E-state index contributed by atoms with van der Waals surface area (Å²) in [4.78, 5) is 11.0. The van der Waals surface area contributed by atoms with Gasteiger partial charge in [-0.15, -0.1) is 6.42 Å². The van der Waals surface area contributed by atoms with E-state index in [0.717, 1.165) is 16.8 Å². The second-order valence-electron chi connectivity index (χ2n) is 2.70. The minimum atomic E-state index is 0.0210. The predicted molar refractivity (Wildman–Crippen MR) is 46.7 cm³/mol. The zero-order chi connectivity index (χ0) is 8.55. The molecule has 0 aromatic heterocycles. The van der Waals surface area contributed by atoms with E-state index < -0.39 is 0 Å². The van der Waals surface area contributed by atoms with Gasteiger partial charge in [-0.1, -0.05) is 12.0 Å². The number of hydrogen-bond donors (Lipinski definition) is 1. The van der Waals surface area contributed by atoms with Gasteiger partial charge in [0.25, 0.3) is 0 Å². The lowest BCUT2D eigenvalue weighted by Crippen LogP contribution is -2.03. The van der Waals surface area contributed by atoms with Crippen LogP contribution in [0.5, 0.6) is 0 Å². The van der Waals surface area contributed by atoms with Crippen molar-refractivity contribution < 1.29 is 4.79 Å². The van der Waals surface area contributed by atoms with Gasteiger partial charge in [0.2, 0.25) is 5.91 Å². The number of fused-ring (bicyclic) bond motifs is 1. The van der Waals surface area contributed by atoms with E-state index in [1.165, 1.54) is 0 Å². The lowest BCUT2D eigenvalue weighted by molar-refractivity contribution is -0.115. The third-order valence-electron chi connectivity index (χ3n) is 1.94. The van der Waals surface area contributed by atoms with E-state index >= 15 is 0 Å². The van der Waals surface area contributed by atoms with Crippen molar-refractivity contribution in [3.63, 3.8) is 0 Å². The molecule has 2 rings (SSSR count). The number of terminal acetylenes is 1. The van der Waals surface area contributed by atoms with E-state index in [9.17, 15) is 4.79 Å². The molecule has 1 amide bonds. The number of rotatable bonds is 0. The maximum absolute atomic E-state index is 11.0. The van der Waals surface area contributed by atoms with Gasteiger partial charge >= 0.3 is 0 Å². The van der Waals surface area contributed by atoms with Crippen LogP contribution in [-0.2, 0) is 11.2 Å². The Balaban J connectivity index is 2.60. The van der Waals surface area contributed by atoms with Crippen molar-refractivity contribution in [2.45, 2.75) is 6.42 Å². The van der Waals surface area contributed by atoms with Crippen molar-refractivity contribution in [1.29, 1.82) is 0 Å². The van der Waals surface area contributed by atoms with Crippen LogP contribution in [-0.4, -0.2) is 5.91 Å². The van der Waals surface area contributed by atoms with Gasteiger partial charge in [-0.3, -0.25) is 4.79 Å². The number of benzene rings is 1. The average Bonchev–Trinajstić information content (AvgIpc) is 2.44. The summed E-state index contributed by atoms with van der Waals surface area (Å²) in [5, 5.41) is 2.74. The Morgan fingerprint density at radius 2 is 2.33 bits per heavy atom. The summed E-state index contributed by atoms with van der Waals surface area (Å²) in [6, 6.07) is 5.56. The van der Waals surface area contributed by atoms with Crippen LogP contribution in [0, 0.1) is 12.3 Å². The van der Waals surface area contributed by atoms with Crippen LogP contribution in [0.2, 0.25) is 0 Å². The highest BCUT2D eigenvalue weighted by Gasteiger charge is 2.19. The van der Waals surface area contributed by atoms with Crippen LogP contribution in [0.3, 0.4) is 0 Å². The number of carbonyl (C=O) groups excluding carboxylic acids is 1. The van der Waals surface area contributed by atoms with E-state index in [1.54, 1.807) is 0 Å². The zero-order valence-corrected chi connectivity index (χ0v) is 6.42. The Hall–Kier alpha value is -1.75. The van der Waals surface area contributed by atoms with Crippen molar-refractivity contribution >= 4 is 11.6 Å². The molecule has 58 valence electrons. The molecule has 0 atom stereocenters. The molecule has 0 spiro atoms. The first kappa shape index (κ1) is 6.93. The van der Waals surface area contributed by atoms with Crippen LogP contribution in [0.4, 0.5) is 5.69 Å². The van der Waals surface area contributed by atoms with E-state index in [1.807, 2.05) is 18.2 Å². The van der Waals surface area contributed by atoms with Gasteiger partial charge in [0, 0.05) is 16.8 Å². The van der Waals surface area contributed by atoms with Gasteiger partial charge in [-0.2, -0.15) is 0 Å². The van der Waals surface area contributed by atoms with Crippen molar-refractivity contribution in [1.82, 2.24) is 0 Å². The molecule has 1 aromatic rings. The van der Waals surface area contributed by atoms with Crippen LogP contribution in [0.25, 0.3) is 0 Å². The average molecular weight is 157 g/mol. The quantitative estimate of drug-likeness (QED) is 0.562. The smallest absolute Gasteiger partial charge is 0.228 e. The molecule has 0 saturated carbocycles. The van der Waals surface area contributed by atoms with Crippen molar-refractivity contribution in [3.05, 3.63) is 29.3 Å². The monoisotopic (exact) mass is 157 g/mol. The number of anilines is 1. The maximum Gasteiger partial charge on any atom is 0.228 e. The molecule has 1 N–H and O–H groups in total. The first-order chi connectivity index (χ1) is 5.81. The molecule has 0 radical (unpaired) electrons. The van der Waals surface area contributed by atoms with Crippen molar-refractivity contribution in [3.8, 4) is 12.3 Å². The van der Waals surface area contributed by atoms with Crippen molar-refractivity contribution in [2.24, 2.45) is 0 Å². The zero-order valence-electron chi connectivity index (χ0n) is 6.42. The summed E-state index contributed by atoms with van der Waals surface area (Å²) in [5.41, 5.74) is 2.62. The Morgan fingerprint density at radius 1 is 1.50 bits per heavy atom. The molecule has 2 nitrogen and oxygen atoms in total. The standard InChI is InChI=1S/C10H7NO/c1-2-7-4-3-5-9-8(7)6-10(12)11-9/h1,3-5H,6H2,(H,11,12). The van der Waals surface area contributed by atoms with Gasteiger partial charge in [-0.05, 0) is 12.1 Å². The summed E-state index contributed by atoms with van der Waals surface area (Å²) in [6.45, 7) is 0. The second-order valence-corrected chi connectivity index (χ2v) is 2.70. The van der Waals surface area contributed by atoms with Gasteiger partial charge in [0.1, 0.15) is 0 Å². The van der Waals surface area contributed by atoms with Crippen LogP contribution in [0.15, 0.2) is 18.2 Å². The molecule has 12 heavy (non-hydrogen) atoms.